The SMILES string of the molecule is CC1=NN=C(C(=O)Nc2cc(C)no2)C1=[N+]=[N-]. The van der Waals surface area contributed by atoms with Crippen molar-refractivity contribution in [1.82, 2.24) is 5.16 Å². The maximum absolute atomic E-state index is 11.7. The van der Waals surface area contributed by atoms with E-state index in [4.69, 9.17) is 10.1 Å². The van der Waals surface area contributed by atoms with Crippen molar-refractivity contribution in [2.75, 3.05) is 5.32 Å². The number of hydrogen-bond acceptors (Lipinski definition) is 5. The summed E-state index contributed by atoms with van der Waals surface area (Å²) >= 11 is 0. The molecule has 2 heterocycles. The number of anilines is 1. The maximum atomic E-state index is 11.7. The van der Waals surface area contributed by atoms with Gasteiger partial charge < -0.3 is 10.1 Å². The fourth-order valence-corrected chi connectivity index (χ4v) is 1.26. The summed E-state index contributed by atoms with van der Waals surface area (Å²) in [7, 11) is 0. The molecule has 86 valence electrons. The Bertz CT molecular complexity index is 590. The molecule has 0 bridgehead atoms. The number of aromatic nitrogens is 1. The van der Waals surface area contributed by atoms with E-state index < -0.39 is 5.91 Å². The molecule has 0 unspecified atom stereocenters. The molecule has 0 saturated carbocycles. The molecule has 8 heteroatoms. The molecule has 1 N–H and O–H groups in total. The van der Waals surface area contributed by atoms with E-state index in [9.17, 15) is 4.79 Å². The van der Waals surface area contributed by atoms with Gasteiger partial charge in [0.15, 0.2) is 5.71 Å². The van der Waals surface area contributed by atoms with Crippen LogP contribution in [0.5, 0.6) is 0 Å². The average molecular weight is 232 g/mol. The predicted molar refractivity (Wildman–Crippen MR) is 59.0 cm³/mol. The lowest BCUT2D eigenvalue weighted by Crippen LogP contribution is -2.31. The smallest absolute Gasteiger partial charge is 0.361 e. The number of rotatable bonds is 2. The molecule has 0 atom stereocenters. The summed E-state index contributed by atoms with van der Waals surface area (Å²) in [6, 6.07) is 1.55. The zero-order valence-corrected chi connectivity index (χ0v) is 9.13. The third-order valence-electron chi connectivity index (χ3n) is 2.05. The molecule has 1 aromatic heterocycles. The third-order valence-corrected chi connectivity index (χ3v) is 2.05. The Morgan fingerprint density at radius 1 is 1.47 bits per heavy atom. The monoisotopic (exact) mass is 232 g/mol. The molecule has 1 aromatic rings. The predicted octanol–water partition coefficient (Wildman–Crippen LogP) is 0.423. The van der Waals surface area contributed by atoms with Crippen molar-refractivity contribution in [3.8, 4) is 0 Å². The molecule has 0 radical (unpaired) electrons. The minimum absolute atomic E-state index is 0.0405. The van der Waals surface area contributed by atoms with E-state index in [0.717, 1.165) is 0 Å². The summed E-state index contributed by atoms with van der Waals surface area (Å²) in [4.78, 5) is 14.7. The van der Waals surface area contributed by atoms with E-state index in [2.05, 4.69) is 25.5 Å². The number of carbonyl (C=O) groups is 1. The van der Waals surface area contributed by atoms with Gasteiger partial charge in [0, 0.05) is 6.07 Å². The highest BCUT2D eigenvalue weighted by Crippen LogP contribution is 2.09. The van der Waals surface area contributed by atoms with E-state index in [0.29, 0.717) is 11.4 Å². The summed E-state index contributed by atoms with van der Waals surface area (Å²) in [6.07, 6.45) is 0. The summed E-state index contributed by atoms with van der Waals surface area (Å²) in [5.41, 5.74) is 9.71. The molecular formula is C9H8N6O2. The maximum Gasteiger partial charge on any atom is 0.371 e. The zero-order chi connectivity index (χ0) is 12.4. The van der Waals surface area contributed by atoms with Crippen LogP contribution in [0.3, 0.4) is 0 Å². The van der Waals surface area contributed by atoms with Gasteiger partial charge >= 0.3 is 5.71 Å². The van der Waals surface area contributed by atoms with E-state index in [-0.39, 0.29) is 17.3 Å². The average Bonchev–Trinajstić information content (AvgIpc) is 2.84. The molecule has 0 aromatic carbocycles. The van der Waals surface area contributed by atoms with Gasteiger partial charge in [-0.1, -0.05) is 5.16 Å². The number of nitrogens with one attached hydrogen (secondary N) is 1. The number of nitrogens with zero attached hydrogens (tertiary/aromatic N) is 5. The second-order valence-corrected chi connectivity index (χ2v) is 3.37. The lowest BCUT2D eigenvalue weighted by Gasteiger charge is -1.96. The van der Waals surface area contributed by atoms with Crippen molar-refractivity contribution >= 4 is 28.9 Å². The number of amides is 1. The molecule has 2 rings (SSSR count). The van der Waals surface area contributed by atoms with Crippen LogP contribution in [0.1, 0.15) is 12.6 Å². The van der Waals surface area contributed by atoms with Gasteiger partial charge in [-0.15, -0.1) is 10.2 Å². The van der Waals surface area contributed by atoms with Gasteiger partial charge in [-0.05, 0) is 13.8 Å². The Kier molecular flexibility index (Phi) is 2.63. The molecule has 1 aliphatic heterocycles. The summed E-state index contributed by atoms with van der Waals surface area (Å²) in [5, 5.41) is 13.3. The minimum atomic E-state index is -0.574. The van der Waals surface area contributed by atoms with Gasteiger partial charge in [0.2, 0.25) is 11.6 Å². The number of hydrogen-bond donors (Lipinski definition) is 1. The molecule has 1 amide bonds. The Balaban J connectivity index is 2.16. The first-order valence-electron chi connectivity index (χ1n) is 4.71. The van der Waals surface area contributed by atoms with E-state index in [1.54, 1.807) is 19.9 Å². The van der Waals surface area contributed by atoms with Crippen molar-refractivity contribution in [2.24, 2.45) is 10.2 Å². The van der Waals surface area contributed by atoms with Crippen LogP contribution < -0.4 is 5.32 Å². The van der Waals surface area contributed by atoms with Gasteiger partial charge in [-0.2, -0.15) is 4.79 Å². The van der Waals surface area contributed by atoms with Crippen molar-refractivity contribution in [1.29, 1.82) is 0 Å². The number of aryl methyl sites for hydroxylation is 1. The first-order chi connectivity index (χ1) is 8.11. The van der Waals surface area contributed by atoms with Gasteiger partial charge in [0.1, 0.15) is 0 Å². The van der Waals surface area contributed by atoms with Gasteiger partial charge in [-0.25, -0.2) is 0 Å². The van der Waals surface area contributed by atoms with Crippen LogP contribution in [0, 0.1) is 6.92 Å². The molecule has 0 fully saturated rings. The van der Waals surface area contributed by atoms with Crippen molar-refractivity contribution in [3.63, 3.8) is 0 Å². The molecule has 8 nitrogen and oxygen atoms in total. The summed E-state index contributed by atoms with van der Waals surface area (Å²) in [6.45, 7) is 3.30. The summed E-state index contributed by atoms with van der Waals surface area (Å²) < 4.78 is 4.81. The molecule has 17 heavy (non-hydrogen) atoms. The van der Waals surface area contributed by atoms with Crippen LogP contribution in [-0.2, 0) is 4.79 Å². The quantitative estimate of drug-likeness (QED) is 0.588. The topological polar surface area (TPSA) is 116 Å². The van der Waals surface area contributed by atoms with Gasteiger partial charge in [0.05, 0.1) is 5.69 Å². The van der Waals surface area contributed by atoms with Crippen LogP contribution in [0.4, 0.5) is 5.88 Å². The standard InChI is InChI=1S/C9H8N6O2/c1-4-3-6(17-15-4)11-9(16)8-7(12-10)5(2)13-14-8/h3H,1-2H3,(H,11,16). The normalized spacial score (nSPS) is 14.1. The van der Waals surface area contributed by atoms with Crippen LogP contribution >= 0.6 is 0 Å². The first kappa shape index (κ1) is 10.9. The Hall–Kier alpha value is -2.60. The highest BCUT2D eigenvalue weighted by molar-refractivity contribution is 6.82. The molecule has 0 saturated heterocycles. The van der Waals surface area contributed by atoms with Crippen LogP contribution in [0.2, 0.25) is 0 Å². The van der Waals surface area contributed by atoms with Crippen molar-refractivity contribution in [2.45, 2.75) is 13.8 Å². The van der Waals surface area contributed by atoms with E-state index in [1.165, 1.54) is 0 Å². The first-order valence-corrected chi connectivity index (χ1v) is 4.71. The Morgan fingerprint density at radius 3 is 2.82 bits per heavy atom. The van der Waals surface area contributed by atoms with Crippen LogP contribution in [-0.4, -0.2) is 33.0 Å². The second kappa shape index (κ2) is 4.11. The third kappa shape index (κ3) is 2.01. The Labute approximate surface area is 95.6 Å². The lowest BCUT2D eigenvalue weighted by atomic mass is 10.1. The van der Waals surface area contributed by atoms with Crippen LogP contribution in [0.25, 0.3) is 5.53 Å². The number of carbonyl (C=O) groups excluding carboxylic acids is 1. The van der Waals surface area contributed by atoms with E-state index >= 15 is 0 Å². The fraction of sp³-hybridized carbons (Fsp3) is 0.222. The highest BCUT2D eigenvalue weighted by Gasteiger charge is 2.33. The highest BCUT2D eigenvalue weighted by atomic mass is 16.5. The Morgan fingerprint density at radius 2 is 2.24 bits per heavy atom. The van der Waals surface area contributed by atoms with Gasteiger partial charge in [0.25, 0.3) is 5.91 Å². The van der Waals surface area contributed by atoms with Crippen molar-refractivity contribution in [3.05, 3.63) is 17.3 Å². The second-order valence-electron chi connectivity index (χ2n) is 3.37. The fourth-order valence-electron chi connectivity index (χ4n) is 1.26. The largest absolute Gasteiger partial charge is 0.371 e. The molecule has 0 aliphatic carbocycles. The van der Waals surface area contributed by atoms with E-state index in [1.807, 2.05) is 0 Å². The zero-order valence-electron chi connectivity index (χ0n) is 9.13. The molecule has 1 aliphatic rings. The molecule has 0 spiro atoms. The molecular weight excluding hydrogens is 224 g/mol. The lowest BCUT2D eigenvalue weighted by molar-refractivity contribution is -0.110. The minimum Gasteiger partial charge on any atom is -0.361 e. The van der Waals surface area contributed by atoms with Gasteiger partial charge in [-0.3, -0.25) is 10.1 Å². The van der Waals surface area contributed by atoms with Crippen molar-refractivity contribution < 1.29 is 14.1 Å². The van der Waals surface area contributed by atoms with Crippen LogP contribution in [0.15, 0.2) is 20.8 Å². The summed E-state index contributed by atoms with van der Waals surface area (Å²) in [5.74, 6) is -0.383.